The van der Waals surface area contributed by atoms with Gasteiger partial charge < -0.3 is 14.5 Å². The molecule has 0 unspecified atom stereocenters. The van der Waals surface area contributed by atoms with Crippen LogP contribution >= 0.6 is 0 Å². The van der Waals surface area contributed by atoms with Crippen LogP contribution in [-0.2, 0) is 40.5 Å². The highest BCUT2D eigenvalue weighted by Gasteiger charge is 2.61. The molecule has 0 spiro atoms. The van der Waals surface area contributed by atoms with Crippen LogP contribution in [0.3, 0.4) is 0 Å². The van der Waals surface area contributed by atoms with Crippen molar-refractivity contribution < 1.29 is 32.3 Å². The maximum Gasteiger partial charge on any atom is 0.240 e. The topological polar surface area (TPSA) is 130 Å². The average Bonchev–Trinajstić information content (AvgIpc) is 3.94. The Morgan fingerprint density at radius 3 is 2.60 bits per heavy atom. The third-order valence-electron chi connectivity index (χ3n) is 10.2. The number of benzene rings is 1. The van der Waals surface area contributed by atoms with E-state index in [9.17, 15) is 27.6 Å². The van der Waals surface area contributed by atoms with Gasteiger partial charge in [0.05, 0.1) is 35.3 Å². The minimum atomic E-state index is -3.80. The van der Waals surface area contributed by atoms with E-state index in [4.69, 9.17) is 4.74 Å². The molecule has 1 N–H and O–H groups in total. The van der Waals surface area contributed by atoms with Crippen LogP contribution < -0.4 is 4.72 Å². The van der Waals surface area contributed by atoms with Gasteiger partial charge in [-0.2, -0.15) is 0 Å². The quantitative estimate of drug-likeness (QED) is 0.431. The van der Waals surface area contributed by atoms with Crippen molar-refractivity contribution in [1.29, 1.82) is 0 Å². The van der Waals surface area contributed by atoms with Crippen LogP contribution in [0.5, 0.6) is 0 Å². The molecular formula is C36H49N3O7S. The lowest BCUT2D eigenvalue weighted by Gasteiger charge is -2.35. The second kappa shape index (κ2) is 13.7. The van der Waals surface area contributed by atoms with Gasteiger partial charge in [0, 0.05) is 39.4 Å². The molecule has 5 rings (SSSR count). The number of amides is 3. The highest BCUT2D eigenvalue weighted by molar-refractivity contribution is 7.90. The first-order chi connectivity index (χ1) is 22.1. The number of rotatable bonds is 7. The Bertz CT molecular complexity index is 1540. The Kier molecular flexibility index (Phi) is 10.2. The molecule has 2 saturated carbocycles. The van der Waals surface area contributed by atoms with Crippen molar-refractivity contribution in [3.05, 3.63) is 54.1 Å². The fourth-order valence-corrected chi connectivity index (χ4v) is 8.25. The van der Waals surface area contributed by atoms with Gasteiger partial charge in [-0.25, -0.2) is 8.42 Å². The zero-order valence-corrected chi connectivity index (χ0v) is 28.9. The molecule has 0 radical (unpaired) electrons. The summed E-state index contributed by atoms with van der Waals surface area (Å²) in [4.78, 5) is 58.7. The van der Waals surface area contributed by atoms with Gasteiger partial charge in [-0.3, -0.25) is 23.9 Å². The lowest BCUT2D eigenvalue weighted by atomic mass is 9.77. The van der Waals surface area contributed by atoms with Crippen molar-refractivity contribution in [1.82, 2.24) is 14.5 Å². The van der Waals surface area contributed by atoms with Crippen molar-refractivity contribution in [2.75, 3.05) is 20.1 Å². The van der Waals surface area contributed by atoms with E-state index in [0.717, 1.165) is 24.0 Å². The summed E-state index contributed by atoms with van der Waals surface area (Å²) in [7, 11) is -2.05. The molecule has 0 aromatic heterocycles. The Morgan fingerprint density at radius 1 is 1.19 bits per heavy atom. The Balaban J connectivity index is 1.43. The van der Waals surface area contributed by atoms with Crippen LogP contribution in [0.2, 0.25) is 0 Å². The van der Waals surface area contributed by atoms with Gasteiger partial charge in [0.1, 0.15) is 0 Å². The summed E-state index contributed by atoms with van der Waals surface area (Å²) in [6, 6.07) is 7.13. The minimum absolute atomic E-state index is 0.00603. The molecule has 2 aliphatic carbocycles. The predicted molar refractivity (Wildman–Crippen MR) is 179 cm³/mol. The standard InChI is InChI=1S/C36H49N3O7S/c1-6-26-20-36(26,34(43)37-47(44,45)28-14-15-28)21-31(40)30-18-27-22-39(30)33(42)29(35(2,3)4)19-32(41)38(5)16-9-7-8-11-24-12-10-13-25(17-24)23-46-27/h6,8,10-13,17,26-30H,1,7,9,14-16,18-23H2,2-5H3,(H,37,43)/b11-8+/t26-,27-,29-,30+,36-/m1/s1. The normalized spacial score (nSPS) is 29.9. The second-order valence-corrected chi connectivity index (χ2v) is 16.9. The van der Waals surface area contributed by atoms with E-state index in [-0.39, 0.29) is 49.3 Å². The van der Waals surface area contributed by atoms with E-state index in [0.29, 0.717) is 32.4 Å². The van der Waals surface area contributed by atoms with Gasteiger partial charge in [0.25, 0.3) is 0 Å². The van der Waals surface area contributed by atoms with E-state index in [2.05, 4.69) is 23.5 Å². The largest absolute Gasteiger partial charge is 0.372 e. The molecule has 10 nitrogen and oxygen atoms in total. The fourth-order valence-electron chi connectivity index (χ4n) is 6.86. The summed E-state index contributed by atoms with van der Waals surface area (Å²) in [5.74, 6) is -2.46. The first kappa shape index (κ1) is 35.0. The maximum absolute atomic E-state index is 14.4. The third kappa shape index (κ3) is 8.05. The van der Waals surface area contributed by atoms with Gasteiger partial charge >= 0.3 is 0 Å². The number of nitrogens with zero attached hydrogens (tertiary/aromatic N) is 2. The van der Waals surface area contributed by atoms with Crippen LogP contribution in [0.25, 0.3) is 6.08 Å². The molecule has 1 aromatic carbocycles. The van der Waals surface area contributed by atoms with Crippen LogP contribution in [-0.4, -0.2) is 79.3 Å². The maximum atomic E-state index is 14.4. The molecular weight excluding hydrogens is 618 g/mol. The van der Waals surface area contributed by atoms with Gasteiger partial charge in [0.15, 0.2) is 5.78 Å². The van der Waals surface area contributed by atoms with Crippen molar-refractivity contribution >= 4 is 39.6 Å². The van der Waals surface area contributed by atoms with E-state index < -0.39 is 50.1 Å². The van der Waals surface area contributed by atoms with Crippen molar-refractivity contribution in [2.24, 2.45) is 22.7 Å². The highest BCUT2D eigenvalue weighted by atomic mass is 32.2. The molecule has 47 heavy (non-hydrogen) atoms. The minimum Gasteiger partial charge on any atom is -0.372 e. The van der Waals surface area contributed by atoms with Gasteiger partial charge in [-0.15, -0.1) is 6.58 Å². The van der Waals surface area contributed by atoms with E-state index in [1.54, 1.807) is 22.9 Å². The Morgan fingerprint density at radius 2 is 1.94 bits per heavy atom. The zero-order chi connectivity index (χ0) is 34.1. The Labute approximate surface area is 279 Å². The molecule has 3 fully saturated rings. The van der Waals surface area contributed by atoms with Gasteiger partial charge in [0.2, 0.25) is 27.7 Å². The van der Waals surface area contributed by atoms with Crippen molar-refractivity contribution in [3.63, 3.8) is 0 Å². The monoisotopic (exact) mass is 667 g/mol. The lowest BCUT2D eigenvalue weighted by Crippen LogP contribution is -2.49. The number of nitrogens with one attached hydrogen (secondary N) is 1. The summed E-state index contributed by atoms with van der Waals surface area (Å²) >= 11 is 0. The smallest absolute Gasteiger partial charge is 0.240 e. The van der Waals surface area contributed by atoms with Crippen molar-refractivity contribution in [2.45, 2.75) is 96.1 Å². The molecule has 11 heteroatoms. The van der Waals surface area contributed by atoms with Gasteiger partial charge in [-0.1, -0.05) is 57.2 Å². The summed E-state index contributed by atoms with van der Waals surface area (Å²) in [5.41, 5.74) is 0.205. The van der Waals surface area contributed by atoms with E-state index >= 15 is 0 Å². The van der Waals surface area contributed by atoms with Crippen LogP contribution in [0.4, 0.5) is 0 Å². The number of fused-ring (bicyclic) bond motifs is 4. The third-order valence-corrected chi connectivity index (χ3v) is 12.1. The molecule has 4 aliphatic rings. The first-order valence-electron chi connectivity index (χ1n) is 16.8. The van der Waals surface area contributed by atoms with Crippen LogP contribution in [0, 0.1) is 22.7 Å². The number of carbonyl (C=O) groups excluding carboxylic acids is 4. The predicted octanol–water partition coefficient (Wildman–Crippen LogP) is 4.25. The number of Topliss-reactive ketones (excluding diaryl/α,β-unsaturated/α-hetero) is 1. The summed E-state index contributed by atoms with van der Waals surface area (Å²) in [5, 5.41) is -0.577. The summed E-state index contributed by atoms with van der Waals surface area (Å²) < 4.78 is 33.8. The van der Waals surface area contributed by atoms with Crippen molar-refractivity contribution in [3.8, 4) is 0 Å². The number of ether oxygens (including phenoxy) is 1. The summed E-state index contributed by atoms with van der Waals surface area (Å²) in [6.07, 6.45) is 8.25. The number of allylic oxidation sites excluding steroid dienone is 2. The number of hydrogen-bond donors (Lipinski definition) is 1. The summed E-state index contributed by atoms with van der Waals surface area (Å²) in [6.45, 7) is 10.6. The molecule has 5 atom stereocenters. The molecule has 256 valence electrons. The number of carbonyl (C=O) groups is 4. The Hall–Kier alpha value is -3.31. The molecule has 3 amide bonds. The van der Waals surface area contributed by atoms with E-state index in [1.807, 2.05) is 45.0 Å². The molecule has 1 aromatic rings. The van der Waals surface area contributed by atoms with Gasteiger partial charge in [-0.05, 0) is 60.6 Å². The zero-order valence-electron chi connectivity index (χ0n) is 28.1. The number of sulfonamides is 1. The molecule has 2 aliphatic heterocycles. The number of hydrogen-bond acceptors (Lipinski definition) is 7. The SMILES string of the molecule is C=C[C@@H]1C[C@]1(CC(=O)[C@@H]1C[C@@H]2CN1C(=O)[C@H](C(C)(C)C)CC(=O)N(C)CCC/C=C/c1cccc(c1)CO2)C(=O)NS(=O)(=O)C1CC1. The molecule has 2 heterocycles. The molecule has 1 saturated heterocycles. The average molecular weight is 668 g/mol. The first-order valence-corrected chi connectivity index (χ1v) is 18.3. The highest BCUT2D eigenvalue weighted by Crippen LogP contribution is 2.57. The number of ketones is 1. The van der Waals surface area contributed by atoms with Crippen LogP contribution in [0.1, 0.15) is 83.3 Å². The van der Waals surface area contributed by atoms with Crippen LogP contribution in [0.15, 0.2) is 43.0 Å². The lowest BCUT2D eigenvalue weighted by molar-refractivity contribution is -0.148. The fraction of sp³-hybridized carbons (Fsp3) is 0.611. The van der Waals surface area contributed by atoms with E-state index in [1.165, 1.54) is 0 Å². The second-order valence-electron chi connectivity index (χ2n) is 14.9. The molecule has 4 bridgehead atoms.